The first-order chi connectivity index (χ1) is 14.1. The molecule has 0 saturated carbocycles. The van der Waals surface area contributed by atoms with Crippen LogP contribution in [0, 0.1) is 6.92 Å². The molecule has 1 aliphatic heterocycles. The molecule has 1 aromatic heterocycles. The molecule has 6 nitrogen and oxygen atoms in total. The number of benzene rings is 2. The second kappa shape index (κ2) is 8.36. The summed E-state index contributed by atoms with van der Waals surface area (Å²) in [6, 6.07) is 17.5. The lowest BCUT2D eigenvalue weighted by Crippen LogP contribution is -2.24. The van der Waals surface area contributed by atoms with E-state index in [0.717, 1.165) is 21.8 Å². The number of rotatable bonds is 5. The summed E-state index contributed by atoms with van der Waals surface area (Å²) in [5.41, 5.74) is 2.96. The Hall–Kier alpha value is -3.32. The average molecular weight is 404 g/mol. The Kier molecular flexibility index (Phi) is 5.48. The van der Waals surface area contributed by atoms with Crippen LogP contribution in [0.2, 0.25) is 0 Å². The molecule has 4 rings (SSSR count). The standard InChI is InChI=1S/C22H20N4O2S/c1-15-6-5-9-18(12-15)26-14-17(13-20(26)28)21-24-25-22(29-21)23-19(27)11-10-16-7-3-2-4-8-16/h2-12,17H,13-14H2,1H3,(H,23,25,27)/b11-10+. The first kappa shape index (κ1) is 19.0. The third-order valence-electron chi connectivity index (χ3n) is 4.69. The minimum atomic E-state index is -0.263. The Morgan fingerprint density at radius 2 is 2.00 bits per heavy atom. The SMILES string of the molecule is Cc1cccc(N2CC(c3nnc(NC(=O)/C=C/c4ccccc4)s3)CC2=O)c1. The van der Waals surface area contributed by atoms with Gasteiger partial charge in [0.25, 0.3) is 0 Å². The summed E-state index contributed by atoms with van der Waals surface area (Å²) in [6.45, 7) is 2.58. The molecule has 1 atom stereocenters. The van der Waals surface area contributed by atoms with Gasteiger partial charge in [-0.25, -0.2) is 0 Å². The lowest BCUT2D eigenvalue weighted by molar-refractivity contribution is -0.117. The van der Waals surface area contributed by atoms with Crippen molar-refractivity contribution < 1.29 is 9.59 Å². The van der Waals surface area contributed by atoms with Gasteiger partial charge in [0.1, 0.15) is 5.01 Å². The van der Waals surface area contributed by atoms with E-state index >= 15 is 0 Å². The van der Waals surface area contributed by atoms with Crippen LogP contribution in [0.5, 0.6) is 0 Å². The van der Waals surface area contributed by atoms with Crippen LogP contribution in [0.3, 0.4) is 0 Å². The lowest BCUT2D eigenvalue weighted by Gasteiger charge is -2.16. The Morgan fingerprint density at radius 3 is 2.79 bits per heavy atom. The largest absolute Gasteiger partial charge is 0.312 e. The van der Waals surface area contributed by atoms with Crippen molar-refractivity contribution in [3.63, 3.8) is 0 Å². The summed E-state index contributed by atoms with van der Waals surface area (Å²) in [4.78, 5) is 26.4. The van der Waals surface area contributed by atoms with E-state index in [1.807, 2.05) is 61.5 Å². The maximum Gasteiger partial charge on any atom is 0.250 e. The molecule has 1 fully saturated rings. The molecule has 0 aliphatic carbocycles. The molecule has 0 bridgehead atoms. The predicted octanol–water partition coefficient (Wildman–Crippen LogP) is 4.02. The Labute approximate surface area is 172 Å². The number of hydrogen-bond donors (Lipinski definition) is 1. The second-order valence-corrected chi connectivity index (χ2v) is 7.93. The van der Waals surface area contributed by atoms with Crippen molar-refractivity contribution in [1.82, 2.24) is 10.2 Å². The second-order valence-electron chi connectivity index (χ2n) is 6.92. The molecule has 0 spiro atoms. The fourth-order valence-corrected chi connectivity index (χ4v) is 4.09. The number of nitrogens with zero attached hydrogens (tertiary/aromatic N) is 3. The van der Waals surface area contributed by atoms with E-state index in [2.05, 4.69) is 15.5 Å². The quantitative estimate of drug-likeness (QED) is 0.652. The molecule has 146 valence electrons. The van der Waals surface area contributed by atoms with Gasteiger partial charge < -0.3 is 4.90 Å². The molecule has 7 heteroatoms. The minimum absolute atomic E-state index is 0.0222. The molecular weight excluding hydrogens is 384 g/mol. The Balaban J connectivity index is 1.39. The third-order valence-corrected chi connectivity index (χ3v) is 5.69. The van der Waals surface area contributed by atoms with Crippen molar-refractivity contribution >= 4 is 40.0 Å². The molecule has 2 amide bonds. The van der Waals surface area contributed by atoms with Crippen LogP contribution in [0.4, 0.5) is 10.8 Å². The van der Waals surface area contributed by atoms with E-state index in [0.29, 0.717) is 18.1 Å². The highest BCUT2D eigenvalue weighted by Crippen LogP contribution is 2.34. The van der Waals surface area contributed by atoms with Gasteiger partial charge in [0.15, 0.2) is 0 Å². The zero-order chi connectivity index (χ0) is 20.2. The van der Waals surface area contributed by atoms with Gasteiger partial charge in [-0.1, -0.05) is 53.8 Å². The zero-order valence-corrected chi connectivity index (χ0v) is 16.7. The van der Waals surface area contributed by atoms with E-state index in [-0.39, 0.29) is 17.7 Å². The molecule has 2 heterocycles. The highest BCUT2D eigenvalue weighted by molar-refractivity contribution is 7.15. The van der Waals surface area contributed by atoms with Crippen molar-refractivity contribution in [3.8, 4) is 0 Å². The highest BCUT2D eigenvalue weighted by atomic mass is 32.1. The van der Waals surface area contributed by atoms with Crippen molar-refractivity contribution in [1.29, 1.82) is 0 Å². The first-order valence-electron chi connectivity index (χ1n) is 9.33. The molecule has 29 heavy (non-hydrogen) atoms. The first-order valence-corrected chi connectivity index (χ1v) is 10.1. The number of carbonyl (C=O) groups excluding carboxylic acids is 2. The molecule has 1 N–H and O–H groups in total. The van der Waals surface area contributed by atoms with Gasteiger partial charge in [-0.3, -0.25) is 14.9 Å². The summed E-state index contributed by atoms with van der Waals surface area (Å²) in [5, 5.41) is 12.2. The van der Waals surface area contributed by atoms with Crippen LogP contribution in [-0.2, 0) is 9.59 Å². The van der Waals surface area contributed by atoms with Crippen molar-refractivity contribution in [2.24, 2.45) is 0 Å². The Morgan fingerprint density at radius 1 is 1.17 bits per heavy atom. The van der Waals surface area contributed by atoms with Crippen LogP contribution >= 0.6 is 11.3 Å². The lowest BCUT2D eigenvalue weighted by atomic mass is 10.1. The summed E-state index contributed by atoms with van der Waals surface area (Å²) in [6.07, 6.45) is 3.60. The van der Waals surface area contributed by atoms with Crippen molar-refractivity contribution in [2.45, 2.75) is 19.3 Å². The van der Waals surface area contributed by atoms with E-state index in [1.54, 1.807) is 11.0 Å². The number of hydrogen-bond acceptors (Lipinski definition) is 5. The number of amides is 2. The van der Waals surface area contributed by atoms with Gasteiger partial charge >= 0.3 is 0 Å². The fraction of sp³-hybridized carbons (Fsp3) is 0.182. The van der Waals surface area contributed by atoms with Crippen molar-refractivity contribution in [2.75, 3.05) is 16.8 Å². The van der Waals surface area contributed by atoms with Gasteiger partial charge in [-0.15, -0.1) is 10.2 Å². The maximum absolute atomic E-state index is 12.5. The number of anilines is 2. The number of nitrogens with one attached hydrogen (secondary N) is 1. The molecule has 2 aromatic carbocycles. The highest BCUT2D eigenvalue weighted by Gasteiger charge is 2.33. The molecule has 1 unspecified atom stereocenters. The monoisotopic (exact) mass is 404 g/mol. The van der Waals surface area contributed by atoms with Gasteiger partial charge in [-0.05, 0) is 36.3 Å². The van der Waals surface area contributed by atoms with Crippen molar-refractivity contribution in [3.05, 3.63) is 76.8 Å². The smallest absolute Gasteiger partial charge is 0.250 e. The summed E-state index contributed by atoms with van der Waals surface area (Å²) < 4.78 is 0. The minimum Gasteiger partial charge on any atom is -0.312 e. The summed E-state index contributed by atoms with van der Waals surface area (Å²) in [7, 11) is 0. The van der Waals surface area contributed by atoms with Crippen LogP contribution in [0.1, 0.15) is 28.5 Å². The Bertz CT molecular complexity index is 1060. The van der Waals surface area contributed by atoms with Gasteiger partial charge in [0.2, 0.25) is 16.9 Å². The molecule has 3 aromatic rings. The zero-order valence-electron chi connectivity index (χ0n) is 15.9. The normalized spacial score (nSPS) is 16.5. The summed E-state index contributed by atoms with van der Waals surface area (Å²) >= 11 is 1.32. The number of aromatic nitrogens is 2. The summed E-state index contributed by atoms with van der Waals surface area (Å²) in [5.74, 6) is -0.210. The maximum atomic E-state index is 12.5. The van der Waals surface area contributed by atoms with Gasteiger partial charge in [0, 0.05) is 30.6 Å². The molecular formula is C22H20N4O2S. The van der Waals surface area contributed by atoms with Crippen LogP contribution in [-0.4, -0.2) is 28.6 Å². The molecule has 0 radical (unpaired) electrons. The average Bonchev–Trinajstić information content (AvgIpc) is 3.34. The molecule has 1 aliphatic rings. The van der Waals surface area contributed by atoms with E-state index in [1.165, 1.54) is 17.4 Å². The van der Waals surface area contributed by atoms with Crippen LogP contribution in [0.15, 0.2) is 60.7 Å². The van der Waals surface area contributed by atoms with E-state index in [9.17, 15) is 9.59 Å². The van der Waals surface area contributed by atoms with Crippen LogP contribution in [0.25, 0.3) is 6.08 Å². The number of aryl methyl sites for hydroxylation is 1. The van der Waals surface area contributed by atoms with Gasteiger partial charge in [-0.2, -0.15) is 0 Å². The number of carbonyl (C=O) groups is 2. The van der Waals surface area contributed by atoms with Crippen LogP contribution < -0.4 is 10.2 Å². The predicted molar refractivity (Wildman–Crippen MR) is 115 cm³/mol. The van der Waals surface area contributed by atoms with E-state index < -0.39 is 0 Å². The van der Waals surface area contributed by atoms with Gasteiger partial charge in [0.05, 0.1) is 0 Å². The topological polar surface area (TPSA) is 75.2 Å². The fourth-order valence-electron chi connectivity index (χ4n) is 3.25. The third kappa shape index (κ3) is 4.57. The van der Waals surface area contributed by atoms with E-state index in [4.69, 9.17) is 0 Å². The molecule has 1 saturated heterocycles.